The summed E-state index contributed by atoms with van der Waals surface area (Å²) in [5.74, 6) is 1.05. The van der Waals surface area contributed by atoms with Crippen molar-refractivity contribution < 1.29 is 18.7 Å². The van der Waals surface area contributed by atoms with E-state index in [0.717, 1.165) is 22.3 Å². The molecule has 0 aromatic heterocycles. The molecule has 0 N–H and O–H groups in total. The van der Waals surface area contributed by atoms with Gasteiger partial charge in [0.05, 0.1) is 5.56 Å². The van der Waals surface area contributed by atoms with Gasteiger partial charge in [0.25, 0.3) is 0 Å². The van der Waals surface area contributed by atoms with E-state index in [1.165, 1.54) is 12.1 Å². The fourth-order valence-electron chi connectivity index (χ4n) is 3.08. The van der Waals surface area contributed by atoms with Crippen molar-refractivity contribution in [2.45, 2.75) is 20.5 Å². The Hall–Kier alpha value is -3.40. The second-order valence-corrected chi connectivity index (χ2v) is 6.83. The van der Waals surface area contributed by atoms with Crippen molar-refractivity contribution in [3.63, 3.8) is 0 Å². The Kier molecular flexibility index (Phi) is 4.70. The molecule has 0 unspecified atom stereocenters. The lowest BCUT2D eigenvalue weighted by atomic mass is 10.1. The van der Waals surface area contributed by atoms with E-state index in [9.17, 15) is 9.18 Å². The average molecular weight is 374 g/mol. The van der Waals surface area contributed by atoms with Crippen LogP contribution in [-0.2, 0) is 6.61 Å². The topological polar surface area (TPSA) is 35.5 Å². The summed E-state index contributed by atoms with van der Waals surface area (Å²) >= 11 is 0. The van der Waals surface area contributed by atoms with E-state index in [-0.39, 0.29) is 11.6 Å². The molecule has 28 heavy (non-hydrogen) atoms. The Balaban J connectivity index is 1.56. The summed E-state index contributed by atoms with van der Waals surface area (Å²) in [5, 5.41) is 0. The van der Waals surface area contributed by atoms with Crippen LogP contribution in [0.1, 0.15) is 32.6 Å². The maximum atomic E-state index is 13.0. The highest BCUT2D eigenvalue weighted by atomic mass is 19.1. The first-order chi connectivity index (χ1) is 13.5. The lowest BCUT2D eigenvalue weighted by Crippen LogP contribution is -1.98. The number of ether oxygens (including phenoxy) is 2. The van der Waals surface area contributed by atoms with Crippen LogP contribution in [0.4, 0.5) is 4.39 Å². The molecule has 0 bridgehead atoms. The Morgan fingerprint density at radius 3 is 2.39 bits per heavy atom. The first kappa shape index (κ1) is 18.0. The van der Waals surface area contributed by atoms with E-state index in [1.54, 1.807) is 30.3 Å². The van der Waals surface area contributed by atoms with Crippen molar-refractivity contribution in [3.05, 3.63) is 100 Å². The van der Waals surface area contributed by atoms with Gasteiger partial charge in [-0.05, 0) is 55.3 Å². The monoisotopic (exact) mass is 374 g/mol. The third-order valence-corrected chi connectivity index (χ3v) is 4.72. The number of hydrogen-bond acceptors (Lipinski definition) is 3. The zero-order chi connectivity index (χ0) is 19.7. The van der Waals surface area contributed by atoms with Crippen molar-refractivity contribution >= 4 is 11.9 Å². The molecule has 0 saturated carbocycles. The van der Waals surface area contributed by atoms with Crippen LogP contribution in [0.2, 0.25) is 0 Å². The van der Waals surface area contributed by atoms with E-state index in [2.05, 4.69) is 0 Å². The molecule has 0 amide bonds. The minimum Gasteiger partial charge on any atom is -0.488 e. The van der Waals surface area contributed by atoms with Gasteiger partial charge in [-0.25, -0.2) is 4.39 Å². The summed E-state index contributed by atoms with van der Waals surface area (Å²) in [6, 6.07) is 17.5. The van der Waals surface area contributed by atoms with Gasteiger partial charge in [0.15, 0.2) is 5.76 Å². The van der Waals surface area contributed by atoms with E-state index < -0.39 is 0 Å². The third kappa shape index (κ3) is 3.54. The number of halogens is 1. The van der Waals surface area contributed by atoms with Crippen LogP contribution in [0.5, 0.6) is 11.5 Å². The molecule has 140 valence electrons. The number of Topliss-reactive ketones (excluding diaryl/α,β-unsaturated/α-hetero) is 1. The predicted octanol–water partition coefficient (Wildman–Crippen LogP) is 5.64. The van der Waals surface area contributed by atoms with Crippen molar-refractivity contribution in [2.24, 2.45) is 0 Å². The van der Waals surface area contributed by atoms with E-state index in [0.29, 0.717) is 29.4 Å². The minimum atomic E-state index is -0.280. The number of hydrogen-bond donors (Lipinski definition) is 0. The van der Waals surface area contributed by atoms with Crippen LogP contribution in [-0.4, -0.2) is 5.78 Å². The summed E-state index contributed by atoms with van der Waals surface area (Å²) in [6.45, 7) is 4.18. The van der Waals surface area contributed by atoms with Gasteiger partial charge < -0.3 is 9.47 Å². The molecule has 3 aromatic rings. The number of rotatable bonds is 4. The average Bonchev–Trinajstić information content (AvgIpc) is 3.01. The molecule has 4 heteroatoms. The lowest BCUT2D eigenvalue weighted by Gasteiger charge is -2.11. The SMILES string of the molecule is Cc1ccc(/C=C2\Oc3c(ccc(OCc4ccc(F)cc4)c3C)C2=O)cc1. The molecule has 0 atom stereocenters. The Morgan fingerprint density at radius 1 is 0.964 bits per heavy atom. The molecule has 0 radical (unpaired) electrons. The zero-order valence-electron chi connectivity index (χ0n) is 15.7. The summed E-state index contributed by atoms with van der Waals surface area (Å²) in [5.41, 5.74) is 4.22. The molecular formula is C24H19FO3. The van der Waals surface area contributed by atoms with Crippen LogP contribution >= 0.6 is 0 Å². The molecule has 0 aliphatic carbocycles. The number of ketones is 1. The molecular weight excluding hydrogens is 355 g/mol. The maximum Gasteiger partial charge on any atom is 0.231 e. The third-order valence-electron chi connectivity index (χ3n) is 4.72. The smallest absolute Gasteiger partial charge is 0.231 e. The van der Waals surface area contributed by atoms with Gasteiger partial charge in [0.2, 0.25) is 5.78 Å². The lowest BCUT2D eigenvalue weighted by molar-refractivity contribution is 0.101. The number of benzene rings is 3. The van der Waals surface area contributed by atoms with Crippen LogP contribution in [0.3, 0.4) is 0 Å². The molecule has 1 aliphatic heterocycles. The van der Waals surface area contributed by atoms with Crippen LogP contribution in [0.15, 0.2) is 66.4 Å². The van der Waals surface area contributed by atoms with Crippen molar-refractivity contribution in [3.8, 4) is 11.5 Å². The van der Waals surface area contributed by atoms with Gasteiger partial charge in [-0.15, -0.1) is 0 Å². The van der Waals surface area contributed by atoms with Gasteiger partial charge in [-0.3, -0.25) is 4.79 Å². The second-order valence-electron chi connectivity index (χ2n) is 6.83. The van der Waals surface area contributed by atoms with Gasteiger partial charge in [-0.2, -0.15) is 0 Å². The van der Waals surface area contributed by atoms with Gasteiger partial charge in [0, 0.05) is 5.56 Å². The van der Waals surface area contributed by atoms with E-state index in [4.69, 9.17) is 9.47 Å². The highest BCUT2D eigenvalue weighted by molar-refractivity contribution is 6.14. The van der Waals surface area contributed by atoms with Gasteiger partial charge in [0.1, 0.15) is 23.9 Å². The molecule has 1 aliphatic rings. The summed E-state index contributed by atoms with van der Waals surface area (Å²) in [6.07, 6.45) is 1.75. The Bertz CT molecular complexity index is 1060. The fraction of sp³-hybridized carbons (Fsp3) is 0.125. The molecule has 3 nitrogen and oxygen atoms in total. The molecule has 0 spiro atoms. The number of carbonyl (C=O) groups is 1. The Labute approximate surface area is 163 Å². The van der Waals surface area contributed by atoms with Crippen molar-refractivity contribution in [1.29, 1.82) is 0 Å². The fourth-order valence-corrected chi connectivity index (χ4v) is 3.08. The molecule has 0 saturated heterocycles. The van der Waals surface area contributed by atoms with Crippen LogP contribution < -0.4 is 9.47 Å². The van der Waals surface area contributed by atoms with Crippen molar-refractivity contribution in [2.75, 3.05) is 0 Å². The van der Waals surface area contributed by atoms with Crippen LogP contribution in [0, 0.1) is 19.7 Å². The normalized spacial score (nSPS) is 14.1. The zero-order valence-corrected chi connectivity index (χ0v) is 15.7. The predicted molar refractivity (Wildman–Crippen MR) is 106 cm³/mol. The van der Waals surface area contributed by atoms with Crippen molar-refractivity contribution in [1.82, 2.24) is 0 Å². The summed E-state index contributed by atoms with van der Waals surface area (Å²) in [4.78, 5) is 12.7. The highest BCUT2D eigenvalue weighted by Gasteiger charge is 2.30. The maximum absolute atomic E-state index is 13.0. The first-order valence-corrected chi connectivity index (χ1v) is 9.03. The van der Waals surface area contributed by atoms with Gasteiger partial charge >= 0.3 is 0 Å². The quantitative estimate of drug-likeness (QED) is 0.555. The molecule has 4 rings (SSSR count). The number of aryl methyl sites for hydroxylation is 1. The van der Waals surface area contributed by atoms with Crippen LogP contribution in [0.25, 0.3) is 6.08 Å². The summed E-state index contributed by atoms with van der Waals surface area (Å²) in [7, 11) is 0. The standard InChI is InChI=1S/C24H19FO3/c1-15-3-5-17(6-4-15)13-22-23(26)20-11-12-21(16(2)24(20)28-22)27-14-18-7-9-19(25)10-8-18/h3-13H,14H2,1-2H3/b22-13-. The summed E-state index contributed by atoms with van der Waals surface area (Å²) < 4.78 is 24.8. The first-order valence-electron chi connectivity index (χ1n) is 9.03. The largest absolute Gasteiger partial charge is 0.488 e. The van der Waals surface area contributed by atoms with E-state index in [1.807, 2.05) is 38.1 Å². The number of fused-ring (bicyclic) bond motifs is 1. The Morgan fingerprint density at radius 2 is 1.68 bits per heavy atom. The molecule has 3 aromatic carbocycles. The minimum absolute atomic E-state index is 0.135. The number of carbonyl (C=O) groups excluding carboxylic acids is 1. The van der Waals surface area contributed by atoms with Gasteiger partial charge in [-0.1, -0.05) is 42.0 Å². The molecule has 1 heterocycles. The highest BCUT2D eigenvalue weighted by Crippen LogP contribution is 2.39. The second kappa shape index (κ2) is 7.31. The number of allylic oxidation sites excluding steroid dienone is 1. The molecule has 0 fully saturated rings. The van der Waals surface area contributed by atoms with E-state index >= 15 is 0 Å².